The lowest BCUT2D eigenvalue weighted by molar-refractivity contribution is -0.144. The van der Waals surface area contributed by atoms with E-state index in [4.69, 9.17) is 4.42 Å². The molecule has 23 heavy (non-hydrogen) atoms. The molecule has 0 bridgehead atoms. The number of hydrogen-bond acceptors (Lipinski definition) is 4. The SMILES string of the molecule is Cc1cc2c(nc(-c3ccc(C)o3)n3nc(C(F)(F)F)nc23)[nH]1. The fourth-order valence-electron chi connectivity index (χ4n) is 2.46. The number of aromatic amines is 1. The van der Waals surface area contributed by atoms with E-state index in [1.807, 2.05) is 0 Å². The minimum atomic E-state index is -4.64. The zero-order valence-corrected chi connectivity index (χ0v) is 12.1. The molecule has 1 N–H and O–H groups in total. The van der Waals surface area contributed by atoms with Crippen molar-refractivity contribution in [3.05, 3.63) is 35.5 Å². The number of hydrogen-bond donors (Lipinski definition) is 1. The summed E-state index contributed by atoms with van der Waals surface area (Å²) < 4.78 is 45.5. The number of furan rings is 1. The average Bonchev–Trinajstić information content (AvgIpc) is 3.12. The molecule has 118 valence electrons. The van der Waals surface area contributed by atoms with Crippen LogP contribution >= 0.6 is 0 Å². The van der Waals surface area contributed by atoms with Gasteiger partial charge in [0.25, 0.3) is 5.82 Å². The lowest BCUT2D eigenvalue weighted by Gasteiger charge is -2.01. The number of aryl methyl sites for hydroxylation is 2. The Balaban J connectivity index is 2.12. The Hall–Kier alpha value is -2.84. The number of halogens is 3. The lowest BCUT2D eigenvalue weighted by Crippen LogP contribution is -2.08. The first-order valence-corrected chi connectivity index (χ1v) is 6.73. The molecule has 0 aromatic carbocycles. The molecule has 4 rings (SSSR count). The fourth-order valence-corrected chi connectivity index (χ4v) is 2.46. The Labute approximate surface area is 127 Å². The summed E-state index contributed by atoms with van der Waals surface area (Å²) in [6.45, 7) is 3.52. The van der Waals surface area contributed by atoms with E-state index in [-0.39, 0.29) is 11.5 Å². The molecule has 0 saturated carbocycles. The van der Waals surface area contributed by atoms with Crippen molar-refractivity contribution in [3.63, 3.8) is 0 Å². The summed E-state index contributed by atoms with van der Waals surface area (Å²) in [5.74, 6) is -0.116. The van der Waals surface area contributed by atoms with Crippen LogP contribution in [0.5, 0.6) is 0 Å². The summed E-state index contributed by atoms with van der Waals surface area (Å²) in [6.07, 6.45) is -4.64. The van der Waals surface area contributed by atoms with Gasteiger partial charge in [0.1, 0.15) is 11.4 Å². The van der Waals surface area contributed by atoms with Gasteiger partial charge >= 0.3 is 6.18 Å². The van der Waals surface area contributed by atoms with Crippen LogP contribution in [0.4, 0.5) is 13.2 Å². The highest BCUT2D eigenvalue weighted by atomic mass is 19.4. The minimum Gasteiger partial charge on any atom is -0.458 e. The molecule has 9 heteroatoms. The smallest absolute Gasteiger partial charge is 0.453 e. The molecule has 0 spiro atoms. The number of nitrogens with zero attached hydrogens (tertiary/aromatic N) is 4. The van der Waals surface area contributed by atoms with Crippen LogP contribution in [0.2, 0.25) is 0 Å². The van der Waals surface area contributed by atoms with Gasteiger partial charge in [-0.15, -0.1) is 5.10 Å². The van der Waals surface area contributed by atoms with Crippen molar-refractivity contribution in [2.75, 3.05) is 0 Å². The van der Waals surface area contributed by atoms with Gasteiger partial charge in [-0.2, -0.15) is 17.7 Å². The molecule has 0 aliphatic carbocycles. The summed E-state index contributed by atoms with van der Waals surface area (Å²) in [5.41, 5.74) is 1.27. The molecule has 0 atom stereocenters. The van der Waals surface area contributed by atoms with Crippen molar-refractivity contribution >= 4 is 16.7 Å². The molecule has 0 aliphatic rings. The van der Waals surface area contributed by atoms with Crippen LogP contribution in [-0.2, 0) is 6.18 Å². The molecule has 4 aromatic heterocycles. The van der Waals surface area contributed by atoms with Gasteiger partial charge in [-0.05, 0) is 32.0 Å². The van der Waals surface area contributed by atoms with Gasteiger partial charge in [-0.25, -0.2) is 9.97 Å². The van der Waals surface area contributed by atoms with E-state index < -0.39 is 12.0 Å². The summed E-state index contributed by atoms with van der Waals surface area (Å²) >= 11 is 0. The maximum Gasteiger partial charge on any atom is 0.453 e. The molecule has 0 radical (unpaired) electrons. The topological polar surface area (TPSA) is 72.0 Å². The van der Waals surface area contributed by atoms with Gasteiger partial charge < -0.3 is 9.40 Å². The number of H-pyrrole nitrogens is 1. The number of nitrogens with one attached hydrogen (secondary N) is 1. The Kier molecular flexibility index (Phi) is 2.60. The van der Waals surface area contributed by atoms with Crippen LogP contribution < -0.4 is 0 Å². The van der Waals surface area contributed by atoms with E-state index in [0.29, 0.717) is 22.6 Å². The van der Waals surface area contributed by atoms with Gasteiger partial charge in [-0.3, -0.25) is 0 Å². The molecule has 4 heterocycles. The van der Waals surface area contributed by atoms with E-state index in [0.717, 1.165) is 10.2 Å². The molecule has 0 amide bonds. The highest BCUT2D eigenvalue weighted by molar-refractivity contribution is 5.91. The van der Waals surface area contributed by atoms with Crippen molar-refractivity contribution in [3.8, 4) is 11.6 Å². The summed E-state index contributed by atoms with van der Waals surface area (Å²) in [6, 6.07) is 5.02. The van der Waals surface area contributed by atoms with Crippen LogP contribution in [0.1, 0.15) is 17.3 Å². The second kappa shape index (κ2) is 4.34. The molecule has 4 aromatic rings. The van der Waals surface area contributed by atoms with Gasteiger partial charge in [0.2, 0.25) is 5.82 Å². The second-order valence-electron chi connectivity index (χ2n) is 5.23. The van der Waals surface area contributed by atoms with Gasteiger partial charge in [0, 0.05) is 5.69 Å². The quantitative estimate of drug-likeness (QED) is 0.582. The Bertz CT molecular complexity index is 1040. The Morgan fingerprint density at radius 1 is 1.17 bits per heavy atom. The van der Waals surface area contributed by atoms with E-state index in [2.05, 4.69) is 20.1 Å². The third-order valence-corrected chi connectivity index (χ3v) is 3.41. The summed E-state index contributed by atoms with van der Waals surface area (Å²) in [7, 11) is 0. The summed E-state index contributed by atoms with van der Waals surface area (Å²) in [5, 5.41) is 4.04. The lowest BCUT2D eigenvalue weighted by atomic mass is 10.3. The normalized spacial score (nSPS) is 12.6. The van der Waals surface area contributed by atoms with Gasteiger partial charge in [0.05, 0.1) is 5.39 Å². The van der Waals surface area contributed by atoms with Crippen LogP contribution in [0, 0.1) is 13.8 Å². The van der Waals surface area contributed by atoms with Crippen molar-refractivity contribution in [1.82, 2.24) is 24.6 Å². The predicted octanol–water partition coefficient (Wildman–Crippen LogP) is 3.50. The van der Waals surface area contributed by atoms with Crippen LogP contribution in [0.15, 0.2) is 22.6 Å². The first-order chi connectivity index (χ1) is 10.8. The molecule has 0 aliphatic heterocycles. The summed E-state index contributed by atoms with van der Waals surface area (Å²) in [4.78, 5) is 11.0. The zero-order valence-electron chi connectivity index (χ0n) is 12.1. The van der Waals surface area contributed by atoms with Crippen molar-refractivity contribution < 1.29 is 17.6 Å². The molecular weight excluding hydrogens is 311 g/mol. The fraction of sp³-hybridized carbons (Fsp3) is 0.214. The van der Waals surface area contributed by atoms with E-state index in [1.165, 1.54) is 0 Å². The molecule has 6 nitrogen and oxygen atoms in total. The third kappa shape index (κ3) is 2.07. The first-order valence-electron chi connectivity index (χ1n) is 6.73. The molecule has 0 unspecified atom stereocenters. The third-order valence-electron chi connectivity index (χ3n) is 3.41. The number of aromatic nitrogens is 5. The highest BCUT2D eigenvalue weighted by Crippen LogP contribution is 2.31. The number of fused-ring (bicyclic) bond motifs is 3. The minimum absolute atomic E-state index is 0.0794. The maximum atomic E-state index is 13.0. The van der Waals surface area contributed by atoms with Crippen LogP contribution in [0.25, 0.3) is 28.3 Å². The number of rotatable bonds is 1. The van der Waals surface area contributed by atoms with Crippen LogP contribution in [0.3, 0.4) is 0 Å². The predicted molar refractivity (Wildman–Crippen MR) is 74.8 cm³/mol. The first kappa shape index (κ1) is 13.8. The van der Waals surface area contributed by atoms with Crippen molar-refractivity contribution in [2.24, 2.45) is 0 Å². The monoisotopic (exact) mass is 321 g/mol. The van der Waals surface area contributed by atoms with E-state index in [9.17, 15) is 13.2 Å². The maximum absolute atomic E-state index is 13.0. The zero-order chi connectivity index (χ0) is 16.4. The largest absolute Gasteiger partial charge is 0.458 e. The van der Waals surface area contributed by atoms with Crippen molar-refractivity contribution in [1.29, 1.82) is 0 Å². The van der Waals surface area contributed by atoms with Crippen LogP contribution in [-0.4, -0.2) is 24.6 Å². The highest BCUT2D eigenvalue weighted by Gasteiger charge is 2.37. The molecular formula is C14H10F3N5O. The Morgan fingerprint density at radius 2 is 1.96 bits per heavy atom. The standard InChI is InChI=1S/C14H10F3N5O/c1-6-5-8-10(18-6)19-12(9-4-3-7(2)23-9)22-11(8)20-13(21-22)14(15,16)17/h3-5,18H,1-2H3. The number of alkyl halides is 3. The van der Waals surface area contributed by atoms with Gasteiger partial charge in [0.15, 0.2) is 11.4 Å². The van der Waals surface area contributed by atoms with Gasteiger partial charge in [-0.1, -0.05) is 0 Å². The molecule has 0 saturated heterocycles. The Morgan fingerprint density at radius 3 is 2.61 bits per heavy atom. The average molecular weight is 321 g/mol. The van der Waals surface area contributed by atoms with Crippen molar-refractivity contribution in [2.45, 2.75) is 20.0 Å². The second-order valence-corrected chi connectivity index (χ2v) is 5.23. The van der Waals surface area contributed by atoms with E-state index in [1.54, 1.807) is 32.0 Å². The van der Waals surface area contributed by atoms with E-state index >= 15 is 0 Å². The molecule has 0 fully saturated rings.